The molecule has 0 N–H and O–H groups in total. The lowest BCUT2D eigenvalue weighted by Crippen LogP contribution is -2.11. The van der Waals surface area contributed by atoms with Crippen molar-refractivity contribution in [1.82, 2.24) is 0 Å². The number of thiophene rings is 4. The highest BCUT2D eigenvalue weighted by Gasteiger charge is 2.11. The summed E-state index contributed by atoms with van der Waals surface area (Å²) >= 11 is 7.55. The van der Waals surface area contributed by atoms with E-state index in [9.17, 15) is 0 Å². The van der Waals surface area contributed by atoms with Crippen LogP contribution in [0.25, 0.3) is 50.1 Å². The van der Waals surface area contributed by atoms with Crippen LogP contribution in [0.3, 0.4) is 0 Å². The van der Waals surface area contributed by atoms with E-state index < -0.39 is 0 Å². The molecular weight excluding hydrogens is 497 g/mol. The molecule has 0 atom stereocenters. The zero-order chi connectivity index (χ0) is 23.7. The average Bonchev–Trinajstić information content (AvgIpc) is 3.62. The maximum absolute atomic E-state index is 8.63. The Balaban J connectivity index is 0.000000143. The first kappa shape index (κ1) is 21.8. The third kappa shape index (κ3) is 3.72. The first-order chi connectivity index (χ1) is 16.7. The fourth-order valence-electron chi connectivity index (χ4n) is 3.58. The van der Waals surface area contributed by atoms with Gasteiger partial charge in [-0.3, -0.25) is 0 Å². The maximum atomic E-state index is 8.63. The van der Waals surface area contributed by atoms with Crippen LogP contribution in [0.15, 0.2) is 59.3 Å². The molecule has 2 aromatic carbocycles. The van der Waals surface area contributed by atoms with Gasteiger partial charge in [-0.2, -0.15) is 21.0 Å². The van der Waals surface area contributed by atoms with Crippen LogP contribution in [0.2, 0.25) is 0 Å². The molecule has 0 unspecified atom stereocenters. The summed E-state index contributed by atoms with van der Waals surface area (Å²) in [5, 5.41) is 42.7. The van der Waals surface area contributed by atoms with E-state index in [1.165, 1.54) is 63.2 Å². The van der Waals surface area contributed by atoms with Crippen LogP contribution in [-0.4, -0.2) is 0 Å². The van der Waals surface area contributed by atoms with Crippen LogP contribution in [0.4, 0.5) is 0 Å². The minimum absolute atomic E-state index is 0.00187. The first-order valence-electron chi connectivity index (χ1n) is 9.81. The number of hydrogen-bond acceptors (Lipinski definition) is 8. The van der Waals surface area contributed by atoms with E-state index in [-0.39, 0.29) is 11.1 Å². The molecule has 4 nitrogen and oxygen atoms in total. The van der Waals surface area contributed by atoms with Crippen molar-refractivity contribution in [3.8, 4) is 24.3 Å². The monoisotopic (exact) mass is 506 g/mol. The molecule has 0 aliphatic rings. The van der Waals surface area contributed by atoms with Gasteiger partial charge in [0.05, 0.1) is 9.40 Å². The molecular formula is C26H10N4S4. The van der Waals surface area contributed by atoms with E-state index >= 15 is 0 Å². The van der Waals surface area contributed by atoms with Crippen LogP contribution in [-0.2, 0) is 0 Å². The van der Waals surface area contributed by atoms with Crippen molar-refractivity contribution in [1.29, 1.82) is 21.0 Å². The molecule has 0 radical (unpaired) electrons. The predicted molar refractivity (Wildman–Crippen MR) is 143 cm³/mol. The lowest BCUT2D eigenvalue weighted by atomic mass is 10.1. The molecule has 6 aromatic rings. The highest BCUT2D eigenvalue weighted by atomic mass is 32.1. The molecule has 6 rings (SSSR count). The molecule has 8 heteroatoms. The molecule has 0 bridgehead atoms. The quantitative estimate of drug-likeness (QED) is 0.231. The van der Waals surface area contributed by atoms with E-state index in [0.717, 1.165) is 0 Å². The fraction of sp³-hybridized carbons (Fsp3) is 0. The van der Waals surface area contributed by atoms with Gasteiger partial charge in [0.25, 0.3) is 0 Å². The highest BCUT2D eigenvalue weighted by molar-refractivity contribution is 7.33. The van der Waals surface area contributed by atoms with E-state index in [2.05, 4.69) is 35.0 Å². The van der Waals surface area contributed by atoms with Crippen LogP contribution >= 0.6 is 45.3 Å². The molecule has 4 aromatic heterocycles. The Bertz CT molecular complexity index is 1820. The summed E-state index contributed by atoms with van der Waals surface area (Å²) in [6.07, 6.45) is 0. The Hall–Kier alpha value is -4.02. The minimum atomic E-state index is 0.00187. The summed E-state index contributed by atoms with van der Waals surface area (Å²) in [7, 11) is 0. The van der Waals surface area contributed by atoms with Gasteiger partial charge in [-0.1, -0.05) is 24.3 Å². The summed E-state index contributed by atoms with van der Waals surface area (Å²) in [6, 6.07) is 22.4. The smallest absolute Gasteiger partial charge is 0.136 e. The SMILES string of the molecule is N#CC(C#N)=c1ccc(=C(C#N)C#N)cc1.c1cc2sc3cc4c(cc3c2s1)sc1ccsc14. The van der Waals surface area contributed by atoms with Gasteiger partial charge >= 0.3 is 0 Å². The van der Waals surface area contributed by atoms with Crippen molar-refractivity contribution in [2.75, 3.05) is 0 Å². The number of hydrogen-bond donors (Lipinski definition) is 0. The van der Waals surface area contributed by atoms with Crippen molar-refractivity contribution in [2.24, 2.45) is 0 Å². The van der Waals surface area contributed by atoms with Crippen molar-refractivity contribution in [3.05, 3.63) is 69.7 Å². The van der Waals surface area contributed by atoms with E-state index in [4.69, 9.17) is 21.0 Å². The lowest BCUT2D eigenvalue weighted by Gasteiger charge is -1.91. The van der Waals surface area contributed by atoms with E-state index in [0.29, 0.717) is 10.4 Å². The predicted octanol–water partition coefficient (Wildman–Crippen LogP) is 6.63. The Morgan fingerprint density at radius 2 is 0.912 bits per heavy atom. The Kier molecular flexibility index (Phi) is 5.83. The summed E-state index contributed by atoms with van der Waals surface area (Å²) < 4.78 is 8.61. The van der Waals surface area contributed by atoms with E-state index in [1.807, 2.05) is 45.3 Å². The van der Waals surface area contributed by atoms with Crippen LogP contribution in [0.5, 0.6) is 0 Å². The third-order valence-electron chi connectivity index (χ3n) is 5.18. The van der Waals surface area contributed by atoms with Crippen molar-refractivity contribution in [2.45, 2.75) is 0 Å². The molecule has 0 aliphatic heterocycles. The van der Waals surface area contributed by atoms with Crippen LogP contribution < -0.4 is 10.4 Å². The molecule has 0 saturated carbocycles. The zero-order valence-electron chi connectivity index (χ0n) is 17.2. The van der Waals surface area contributed by atoms with Crippen LogP contribution in [0.1, 0.15) is 0 Å². The minimum Gasteiger partial charge on any atom is -0.192 e. The van der Waals surface area contributed by atoms with Crippen LogP contribution in [0, 0.1) is 45.3 Å². The van der Waals surface area contributed by atoms with Crippen molar-refractivity contribution in [3.63, 3.8) is 0 Å². The van der Waals surface area contributed by atoms with Crippen molar-refractivity contribution < 1.29 is 0 Å². The van der Waals surface area contributed by atoms with Gasteiger partial charge in [0, 0.05) is 40.0 Å². The zero-order valence-corrected chi connectivity index (χ0v) is 20.5. The topological polar surface area (TPSA) is 95.2 Å². The summed E-state index contributed by atoms with van der Waals surface area (Å²) in [4.78, 5) is 0. The van der Waals surface area contributed by atoms with Gasteiger partial charge in [-0.15, -0.1) is 45.3 Å². The standard InChI is InChI=1S/C14H6S4.C12H4N4/c1-3-15-13-7-5-12-8(6-11(7)17-9(1)13)14-10(18-12)2-4-16-14;13-5-11(6-14)9-1-2-10(4-3-9)12(7-15)8-16/h1-6H;1-4H. The van der Waals surface area contributed by atoms with Gasteiger partial charge in [0.15, 0.2) is 0 Å². The second kappa shape index (κ2) is 9.08. The molecule has 0 saturated heterocycles. The van der Waals surface area contributed by atoms with Gasteiger partial charge in [0.2, 0.25) is 0 Å². The average molecular weight is 507 g/mol. The Labute approximate surface area is 209 Å². The normalized spacial score (nSPS) is 10.2. The lowest BCUT2D eigenvalue weighted by molar-refractivity contribution is 1.46. The molecule has 0 aliphatic carbocycles. The second-order valence-electron chi connectivity index (χ2n) is 7.05. The summed E-state index contributed by atoms with van der Waals surface area (Å²) in [5.74, 6) is 0. The highest BCUT2D eigenvalue weighted by Crippen LogP contribution is 2.44. The number of rotatable bonds is 0. The Morgan fingerprint density at radius 3 is 1.26 bits per heavy atom. The number of nitriles is 4. The fourth-order valence-corrected chi connectivity index (χ4v) is 8.11. The van der Waals surface area contributed by atoms with Gasteiger partial charge < -0.3 is 0 Å². The number of nitrogens with zero attached hydrogens (tertiary/aromatic N) is 4. The number of benzene rings is 2. The van der Waals surface area contributed by atoms with Crippen molar-refractivity contribution >= 4 is 95.5 Å². The van der Waals surface area contributed by atoms with Gasteiger partial charge in [-0.05, 0) is 35.0 Å². The van der Waals surface area contributed by atoms with Gasteiger partial charge in [0.1, 0.15) is 35.4 Å². The molecule has 34 heavy (non-hydrogen) atoms. The molecule has 0 fully saturated rings. The Morgan fingerprint density at radius 1 is 0.529 bits per heavy atom. The molecule has 158 valence electrons. The van der Waals surface area contributed by atoms with Gasteiger partial charge in [-0.25, -0.2) is 0 Å². The first-order valence-corrected chi connectivity index (χ1v) is 13.2. The van der Waals surface area contributed by atoms with E-state index in [1.54, 1.807) is 24.3 Å². The summed E-state index contributed by atoms with van der Waals surface area (Å²) in [5.41, 5.74) is 0.00373. The summed E-state index contributed by atoms with van der Waals surface area (Å²) in [6.45, 7) is 0. The molecule has 0 spiro atoms. The third-order valence-corrected chi connectivity index (χ3v) is 9.57. The largest absolute Gasteiger partial charge is 0.192 e. The maximum Gasteiger partial charge on any atom is 0.136 e. The second-order valence-corrected chi connectivity index (χ2v) is 11.1. The molecule has 0 amide bonds. The number of fused-ring (bicyclic) bond motifs is 6. The molecule has 4 heterocycles.